The number of aromatic carboxylic acids is 1. The molecule has 0 spiro atoms. The number of carboxylic acids is 2. The summed E-state index contributed by atoms with van der Waals surface area (Å²) < 4.78 is 1.67. The number of nitrogens with one attached hydrogen (secondary N) is 1. The summed E-state index contributed by atoms with van der Waals surface area (Å²) in [6.07, 6.45) is 1.37. The van der Waals surface area contributed by atoms with E-state index in [2.05, 4.69) is 15.3 Å². The van der Waals surface area contributed by atoms with Crippen LogP contribution in [0.1, 0.15) is 28.9 Å². The second-order valence-corrected chi connectivity index (χ2v) is 7.26. The minimum absolute atomic E-state index is 0.237. The molecule has 4 rings (SSSR count). The van der Waals surface area contributed by atoms with Crippen LogP contribution in [0.4, 0.5) is 5.95 Å². The van der Waals surface area contributed by atoms with Gasteiger partial charge in [-0.15, -0.1) is 0 Å². The summed E-state index contributed by atoms with van der Waals surface area (Å²) in [5, 5.41) is 30.0. The zero-order chi connectivity index (χ0) is 24.0. The van der Waals surface area contributed by atoms with Crippen molar-refractivity contribution in [1.29, 1.82) is 0 Å². The molecule has 174 valence electrons. The Kier molecular flexibility index (Phi) is 7.70. The minimum Gasteiger partial charge on any atom is -0.479 e. The predicted molar refractivity (Wildman–Crippen MR) is 121 cm³/mol. The number of carboxylic acid groups (broad SMARTS) is 2. The molecule has 0 aliphatic carbocycles. The van der Waals surface area contributed by atoms with Crippen molar-refractivity contribution in [3.05, 3.63) is 64.1 Å². The van der Waals surface area contributed by atoms with Crippen molar-refractivity contribution in [2.75, 3.05) is 31.1 Å². The van der Waals surface area contributed by atoms with E-state index in [1.165, 1.54) is 12.4 Å². The number of aliphatic hydroxyl groups excluding tert-OH is 1. The van der Waals surface area contributed by atoms with Gasteiger partial charge >= 0.3 is 11.9 Å². The third-order valence-electron chi connectivity index (χ3n) is 5.12. The number of anilines is 1. The number of aryl methyl sites for hydroxylation is 1. The van der Waals surface area contributed by atoms with Crippen LogP contribution in [0.5, 0.6) is 0 Å². The van der Waals surface area contributed by atoms with E-state index in [1.54, 1.807) is 34.9 Å². The third-order valence-corrected chi connectivity index (χ3v) is 5.12. The van der Waals surface area contributed by atoms with Gasteiger partial charge in [0.15, 0.2) is 6.10 Å². The molecule has 0 bridgehead atoms. The Balaban J connectivity index is 0.000000235. The molecule has 1 saturated heterocycles. The Bertz CT molecular complexity index is 1190. The van der Waals surface area contributed by atoms with Gasteiger partial charge in [0.1, 0.15) is 11.2 Å². The highest BCUT2D eigenvalue weighted by Crippen LogP contribution is 2.15. The lowest BCUT2D eigenvalue weighted by molar-refractivity contribution is -0.146. The molecule has 11 heteroatoms. The molecule has 4 N–H and O–H groups in total. The molecular weight excluding hydrogens is 430 g/mol. The Morgan fingerprint density at radius 1 is 1.15 bits per heavy atom. The van der Waals surface area contributed by atoms with Crippen molar-refractivity contribution in [3.63, 3.8) is 0 Å². The van der Waals surface area contributed by atoms with Crippen molar-refractivity contribution in [3.8, 4) is 0 Å². The first-order chi connectivity index (χ1) is 15.8. The number of pyridine rings is 1. The summed E-state index contributed by atoms with van der Waals surface area (Å²) in [6, 6.07) is 8.26. The Labute approximate surface area is 189 Å². The fourth-order valence-electron chi connectivity index (χ4n) is 3.35. The molecule has 3 heterocycles. The lowest BCUT2D eigenvalue weighted by Gasteiger charge is -2.27. The van der Waals surface area contributed by atoms with E-state index in [0.717, 1.165) is 26.2 Å². The molecule has 1 aliphatic rings. The average molecular weight is 455 g/mol. The monoisotopic (exact) mass is 455 g/mol. The van der Waals surface area contributed by atoms with Crippen molar-refractivity contribution >= 4 is 28.9 Å². The van der Waals surface area contributed by atoms with Crippen molar-refractivity contribution in [1.82, 2.24) is 19.9 Å². The topological polar surface area (TPSA) is 158 Å². The summed E-state index contributed by atoms with van der Waals surface area (Å²) >= 11 is 0. The van der Waals surface area contributed by atoms with Crippen molar-refractivity contribution in [2.45, 2.75) is 19.6 Å². The van der Waals surface area contributed by atoms with E-state index in [0.29, 0.717) is 23.7 Å². The van der Waals surface area contributed by atoms with Gasteiger partial charge in [-0.1, -0.05) is 30.3 Å². The number of piperazine rings is 1. The molecule has 3 aromatic rings. The lowest BCUT2D eigenvalue weighted by Crippen LogP contribution is -2.44. The molecule has 0 radical (unpaired) electrons. The van der Waals surface area contributed by atoms with Crippen molar-refractivity contribution in [2.24, 2.45) is 0 Å². The Hall–Kier alpha value is -3.83. The fraction of sp³-hybridized carbons (Fsp3) is 0.318. The van der Waals surface area contributed by atoms with E-state index in [9.17, 15) is 14.4 Å². The molecule has 1 aliphatic heterocycles. The number of rotatable bonds is 5. The SMILES string of the molecule is CCn1cc(C(=O)O)c(=O)c2cnc(N3CCNCC3)nc21.O=C(O)C(O)c1ccccc1. The molecule has 0 amide bonds. The van der Waals surface area contributed by atoms with Gasteiger partial charge in [0.2, 0.25) is 11.4 Å². The maximum Gasteiger partial charge on any atom is 0.341 e. The first-order valence-corrected chi connectivity index (χ1v) is 10.4. The second kappa shape index (κ2) is 10.7. The first kappa shape index (κ1) is 23.8. The highest BCUT2D eigenvalue weighted by molar-refractivity contribution is 5.91. The zero-order valence-corrected chi connectivity index (χ0v) is 18.0. The second-order valence-electron chi connectivity index (χ2n) is 7.26. The number of hydrogen-bond acceptors (Lipinski definition) is 8. The van der Waals surface area contributed by atoms with Gasteiger partial charge in [0.05, 0.1) is 5.39 Å². The number of benzene rings is 1. The number of aromatic nitrogens is 3. The van der Waals surface area contributed by atoms with Gasteiger partial charge in [0, 0.05) is 45.1 Å². The molecule has 33 heavy (non-hydrogen) atoms. The van der Waals surface area contributed by atoms with E-state index >= 15 is 0 Å². The molecule has 1 unspecified atom stereocenters. The lowest BCUT2D eigenvalue weighted by atomic mass is 10.1. The maximum atomic E-state index is 12.2. The standard InChI is InChI=1S/C14H17N5O3.C8H8O3/c1-2-18-8-10(13(21)22)11(20)9-7-16-14(17-12(9)18)19-5-3-15-4-6-19;9-7(8(10)11)6-4-2-1-3-5-6/h7-8,15H,2-6H2,1H3,(H,21,22);1-5,7,9H,(H,10,11). The minimum atomic E-state index is -1.41. The third kappa shape index (κ3) is 5.51. The van der Waals surface area contributed by atoms with Gasteiger partial charge in [-0.2, -0.15) is 4.98 Å². The molecular formula is C22H25N5O6. The number of nitrogens with zero attached hydrogens (tertiary/aromatic N) is 4. The smallest absolute Gasteiger partial charge is 0.341 e. The quantitative estimate of drug-likeness (QED) is 0.432. The summed E-state index contributed by atoms with van der Waals surface area (Å²) in [5.41, 5.74) is 0.0768. The predicted octanol–water partition coefficient (Wildman–Crippen LogP) is 0.724. The molecule has 2 aromatic heterocycles. The average Bonchev–Trinajstić information content (AvgIpc) is 2.85. The summed E-state index contributed by atoms with van der Waals surface area (Å²) in [7, 11) is 0. The molecule has 1 atom stereocenters. The summed E-state index contributed by atoms with van der Waals surface area (Å²) in [6.45, 7) is 5.72. The molecule has 11 nitrogen and oxygen atoms in total. The van der Waals surface area contributed by atoms with Crippen LogP contribution in [-0.4, -0.2) is 68.0 Å². The van der Waals surface area contributed by atoms with Gasteiger partial charge in [-0.25, -0.2) is 14.6 Å². The highest BCUT2D eigenvalue weighted by Gasteiger charge is 2.18. The number of fused-ring (bicyclic) bond motifs is 1. The Morgan fingerprint density at radius 3 is 2.39 bits per heavy atom. The fourth-order valence-corrected chi connectivity index (χ4v) is 3.35. The van der Waals surface area contributed by atoms with E-state index < -0.39 is 23.5 Å². The molecule has 1 fully saturated rings. The summed E-state index contributed by atoms with van der Waals surface area (Å²) in [5.74, 6) is -1.89. The van der Waals surface area contributed by atoms with Crippen LogP contribution >= 0.6 is 0 Å². The maximum absolute atomic E-state index is 12.2. The summed E-state index contributed by atoms with van der Waals surface area (Å²) in [4.78, 5) is 44.4. The first-order valence-electron chi connectivity index (χ1n) is 10.4. The van der Waals surface area contributed by atoms with Crippen molar-refractivity contribution < 1.29 is 24.9 Å². The van der Waals surface area contributed by atoms with E-state index in [-0.39, 0.29) is 10.9 Å². The van der Waals surface area contributed by atoms with Crippen LogP contribution < -0.4 is 15.6 Å². The van der Waals surface area contributed by atoms with E-state index in [1.807, 2.05) is 11.8 Å². The largest absolute Gasteiger partial charge is 0.479 e. The van der Waals surface area contributed by atoms with Gasteiger partial charge in [-0.3, -0.25) is 4.79 Å². The molecule has 0 saturated carbocycles. The van der Waals surface area contributed by atoms with E-state index in [4.69, 9.17) is 15.3 Å². The van der Waals surface area contributed by atoms with Crippen LogP contribution in [0.2, 0.25) is 0 Å². The van der Waals surface area contributed by atoms with Crippen LogP contribution in [0.15, 0.2) is 47.5 Å². The highest BCUT2D eigenvalue weighted by atomic mass is 16.4. The Morgan fingerprint density at radius 2 is 1.82 bits per heavy atom. The number of hydrogen-bond donors (Lipinski definition) is 4. The van der Waals surface area contributed by atoms with Gasteiger partial charge < -0.3 is 30.1 Å². The number of aliphatic carboxylic acids is 1. The van der Waals surface area contributed by atoms with Gasteiger partial charge in [0.25, 0.3) is 0 Å². The van der Waals surface area contributed by atoms with Crippen LogP contribution in [0.3, 0.4) is 0 Å². The van der Waals surface area contributed by atoms with Gasteiger partial charge in [-0.05, 0) is 12.5 Å². The van der Waals surface area contributed by atoms with Crippen LogP contribution in [-0.2, 0) is 11.3 Å². The number of carbonyl (C=O) groups is 2. The zero-order valence-electron chi connectivity index (χ0n) is 18.0. The molecule has 1 aromatic carbocycles. The normalized spacial score (nSPS) is 14.3. The number of aliphatic hydroxyl groups is 1. The van der Waals surface area contributed by atoms with Crippen LogP contribution in [0.25, 0.3) is 11.0 Å². The van der Waals surface area contributed by atoms with Crippen LogP contribution in [0, 0.1) is 0 Å².